The summed E-state index contributed by atoms with van der Waals surface area (Å²) in [5.74, 6) is -0.772. The predicted octanol–water partition coefficient (Wildman–Crippen LogP) is 5.38. The number of unbranched alkanes of at least 4 members (excludes halogenated alkanes) is 2. The molecule has 4 nitrogen and oxygen atoms in total. The van der Waals surface area contributed by atoms with Gasteiger partial charge in [-0.1, -0.05) is 40.5 Å². The van der Waals surface area contributed by atoms with Crippen molar-refractivity contribution < 1.29 is 20.1 Å². The van der Waals surface area contributed by atoms with Crippen LogP contribution in [0.3, 0.4) is 0 Å². The number of Topliss-reactive ketones (excluding diaryl/α,β-unsaturated/α-hetero) is 1. The highest BCUT2D eigenvalue weighted by Gasteiger charge is 2.38. The van der Waals surface area contributed by atoms with E-state index in [0.29, 0.717) is 17.6 Å². The van der Waals surface area contributed by atoms with Crippen LogP contribution in [0.5, 0.6) is 11.5 Å². The summed E-state index contributed by atoms with van der Waals surface area (Å²) in [4.78, 5) is 11.6. The van der Waals surface area contributed by atoms with Gasteiger partial charge in [0.1, 0.15) is 17.3 Å². The first-order valence-corrected chi connectivity index (χ1v) is 9.34. The zero-order valence-corrected chi connectivity index (χ0v) is 16.1. The Hall–Kier alpha value is -1.97. The van der Waals surface area contributed by atoms with Crippen molar-refractivity contribution in [3.05, 3.63) is 34.6 Å². The van der Waals surface area contributed by atoms with Gasteiger partial charge in [0.05, 0.1) is 5.92 Å². The molecule has 0 spiro atoms. The Morgan fingerprint density at radius 1 is 1.12 bits per heavy atom. The average Bonchev–Trinajstić information content (AvgIpc) is 2.85. The highest BCUT2D eigenvalue weighted by atomic mass is 16.3. The summed E-state index contributed by atoms with van der Waals surface area (Å²) in [5, 5.41) is 31.1. The van der Waals surface area contributed by atoms with Crippen LogP contribution in [0.2, 0.25) is 0 Å². The maximum Gasteiger partial charge on any atom is 0.159 e. The third kappa shape index (κ3) is 4.77. The van der Waals surface area contributed by atoms with E-state index in [4.69, 9.17) is 0 Å². The molecule has 0 amide bonds. The van der Waals surface area contributed by atoms with Gasteiger partial charge in [-0.15, -0.1) is 0 Å². The van der Waals surface area contributed by atoms with Crippen molar-refractivity contribution in [3.63, 3.8) is 0 Å². The monoisotopic (exact) mass is 348 g/mol. The maximum atomic E-state index is 11.6. The maximum absolute atomic E-state index is 11.6. The molecule has 0 heterocycles. The Labute approximate surface area is 151 Å². The van der Waals surface area contributed by atoms with E-state index >= 15 is 0 Å². The molecule has 2 atom stereocenters. The average molecular weight is 348 g/mol. The van der Waals surface area contributed by atoms with Crippen LogP contribution in [0.25, 0.3) is 0 Å². The first kappa shape index (κ1) is 21.1. The van der Waals surface area contributed by atoms with Crippen LogP contribution in [0.15, 0.2) is 23.5 Å². The van der Waals surface area contributed by atoms with Gasteiger partial charge in [0.15, 0.2) is 5.78 Å². The Kier molecular flexibility index (Phi) is 8.01. The number of aromatic hydroxyl groups is 2. The minimum Gasteiger partial charge on any atom is -0.511 e. The zero-order chi connectivity index (χ0) is 19.1. The molecule has 3 N–H and O–H groups in total. The van der Waals surface area contributed by atoms with Gasteiger partial charge in [0.2, 0.25) is 0 Å². The van der Waals surface area contributed by atoms with Crippen LogP contribution in [0, 0.1) is 5.92 Å². The molecule has 140 valence electrons. The SMILES string of the molecule is CC.CCCCCc1cc(O)c([C@@H]2C(O)=C(C(C)=O)C[C@H]2C)c(O)c1. The molecular weight excluding hydrogens is 316 g/mol. The van der Waals surface area contributed by atoms with Gasteiger partial charge in [-0.25, -0.2) is 0 Å². The van der Waals surface area contributed by atoms with Crippen molar-refractivity contribution in [2.75, 3.05) is 0 Å². The van der Waals surface area contributed by atoms with Gasteiger partial charge < -0.3 is 15.3 Å². The molecule has 0 aromatic heterocycles. The Balaban J connectivity index is 0.00000151. The van der Waals surface area contributed by atoms with Crippen LogP contribution in [0.1, 0.15) is 77.3 Å². The number of carbonyl (C=O) groups is 1. The fourth-order valence-corrected chi connectivity index (χ4v) is 3.47. The van der Waals surface area contributed by atoms with Crippen LogP contribution in [-0.2, 0) is 11.2 Å². The lowest BCUT2D eigenvalue weighted by atomic mass is 9.87. The van der Waals surface area contributed by atoms with E-state index < -0.39 is 5.92 Å². The minimum atomic E-state index is -0.529. The van der Waals surface area contributed by atoms with Crippen molar-refractivity contribution in [2.45, 2.75) is 72.6 Å². The Morgan fingerprint density at radius 3 is 2.12 bits per heavy atom. The quantitative estimate of drug-likeness (QED) is 0.603. The fourth-order valence-electron chi connectivity index (χ4n) is 3.47. The summed E-state index contributed by atoms with van der Waals surface area (Å²) >= 11 is 0. The van der Waals surface area contributed by atoms with Crippen LogP contribution < -0.4 is 0 Å². The standard InChI is InChI=1S/C19H26O4.C2H6/c1-4-5-6-7-13-9-15(21)18(16(22)10-13)17-11(2)8-14(12(3)20)19(17)23;1-2/h9-11,17,21-23H,4-8H2,1-3H3;1-2H3/t11-,17-;/m1./s1. The number of aryl methyl sites for hydroxylation is 1. The summed E-state index contributed by atoms with van der Waals surface area (Å²) in [7, 11) is 0. The summed E-state index contributed by atoms with van der Waals surface area (Å²) in [6.07, 6.45) is 4.49. The number of allylic oxidation sites excluding steroid dienone is 2. The van der Waals surface area contributed by atoms with Crippen molar-refractivity contribution in [3.8, 4) is 11.5 Å². The number of aliphatic hydroxyl groups excluding tert-OH is 1. The van der Waals surface area contributed by atoms with E-state index in [1.54, 1.807) is 12.1 Å². The van der Waals surface area contributed by atoms with Gasteiger partial charge in [0, 0.05) is 11.1 Å². The molecule has 0 fully saturated rings. The molecule has 1 aliphatic rings. The summed E-state index contributed by atoms with van der Waals surface area (Å²) in [5.41, 5.74) is 1.61. The number of ketones is 1. The number of hydrogen-bond donors (Lipinski definition) is 3. The molecule has 1 aromatic rings. The number of benzene rings is 1. The lowest BCUT2D eigenvalue weighted by Crippen LogP contribution is -2.07. The Bertz CT molecular complexity index is 608. The number of hydrogen-bond acceptors (Lipinski definition) is 4. The van der Waals surface area contributed by atoms with Gasteiger partial charge >= 0.3 is 0 Å². The largest absolute Gasteiger partial charge is 0.511 e. The Morgan fingerprint density at radius 2 is 1.68 bits per heavy atom. The molecule has 0 saturated carbocycles. The van der Waals surface area contributed by atoms with Crippen LogP contribution in [-0.4, -0.2) is 21.1 Å². The van der Waals surface area contributed by atoms with Crippen LogP contribution >= 0.6 is 0 Å². The lowest BCUT2D eigenvalue weighted by Gasteiger charge is -2.20. The number of rotatable bonds is 6. The second-order valence-corrected chi connectivity index (χ2v) is 6.58. The van der Waals surface area contributed by atoms with Gasteiger partial charge in [-0.2, -0.15) is 0 Å². The number of phenolic OH excluding ortho intramolecular Hbond substituents is 2. The van der Waals surface area contributed by atoms with E-state index in [1.807, 2.05) is 20.8 Å². The minimum absolute atomic E-state index is 0.00954. The van der Waals surface area contributed by atoms with E-state index in [9.17, 15) is 20.1 Å². The number of carbonyl (C=O) groups excluding carboxylic acids is 1. The van der Waals surface area contributed by atoms with Crippen molar-refractivity contribution in [1.29, 1.82) is 0 Å². The van der Waals surface area contributed by atoms with Gasteiger partial charge in [0.25, 0.3) is 0 Å². The predicted molar refractivity (Wildman–Crippen MR) is 101 cm³/mol. The molecule has 0 radical (unpaired) electrons. The highest BCUT2D eigenvalue weighted by Crippen LogP contribution is 2.48. The van der Waals surface area contributed by atoms with E-state index in [1.165, 1.54) is 6.92 Å². The third-order valence-corrected chi connectivity index (χ3v) is 4.70. The number of phenols is 2. The molecule has 0 saturated heterocycles. The smallest absolute Gasteiger partial charge is 0.159 e. The van der Waals surface area contributed by atoms with E-state index in [-0.39, 0.29) is 29.0 Å². The zero-order valence-electron chi connectivity index (χ0n) is 16.1. The summed E-state index contributed by atoms with van der Waals surface area (Å²) < 4.78 is 0. The molecule has 1 aliphatic carbocycles. The highest BCUT2D eigenvalue weighted by molar-refractivity contribution is 5.94. The molecule has 4 heteroatoms. The summed E-state index contributed by atoms with van der Waals surface area (Å²) in [6, 6.07) is 3.33. The normalized spacial score (nSPS) is 19.6. The second-order valence-electron chi connectivity index (χ2n) is 6.58. The molecule has 0 unspecified atom stereocenters. The van der Waals surface area contributed by atoms with E-state index in [0.717, 1.165) is 31.2 Å². The lowest BCUT2D eigenvalue weighted by molar-refractivity contribution is -0.113. The third-order valence-electron chi connectivity index (χ3n) is 4.70. The van der Waals surface area contributed by atoms with Crippen molar-refractivity contribution in [2.24, 2.45) is 5.92 Å². The number of aliphatic hydroxyl groups is 1. The van der Waals surface area contributed by atoms with Gasteiger partial charge in [-0.3, -0.25) is 4.79 Å². The fraction of sp³-hybridized carbons (Fsp3) is 0.571. The first-order chi connectivity index (χ1) is 11.9. The summed E-state index contributed by atoms with van der Waals surface area (Å²) in [6.45, 7) is 9.46. The molecule has 0 bridgehead atoms. The molecular formula is C21H32O4. The first-order valence-electron chi connectivity index (χ1n) is 9.34. The van der Waals surface area contributed by atoms with Crippen molar-refractivity contribution in [1.82, 2.24) is 0 Å². The molecule has 0 aliphatic heterocycles. The second kappa shape index (κ2) is 9.50. The molecule has 1 aromatic carbocycles. The topological polar surface area (TPSA) is 77.8 Å². The molecule has 2 rings (SSSR count). The van der Waals surface area contributed by atoms with Crippen LogP contribution in [0.4, 0.5) is 0 Å². The van der Waals surface area contributed by atoms with Crippen molar-refractivity contribution >= 4 is 5.78 Å². The van der Waals surface area contributed by atoms with Gasteiger partial charge in [-0.05, 0) is 49.8 Å². The van der Waals surface area contributed by atoms with E-state index in [2.05, 4.69) is 6.92 Å². The molecule has 25 heavy (non-hydrogen) atoms.